The largest absolute Gasteiger partial charge is 0.481 e. The molecule has 0 unspecified atom stereocenters. The lowest BCUT2D eigenvalue weighted by Crippen LogP contribution is -1.97. The Morgan fingerprint density at radius 2 is 0.606 bits per heavy atom. The predicted molar refractivity (Wildman–Crippen MR) is 148 cm³/mol. The number of carbonyl (C=O) groups is 1. The molecule has 0 aromatic rings. The van der Waals surface area contributed by atoms with E-state index >= 15 is 0 Å². The molecule has 0 spiro atoms. The number of aliphatic carboxylic acids is 1. The summed E-state index contributed by atoms with van der Waals surface area (Å²) in [4.78, 5) is 9.00. The van der Waals surface area contributed by atoms with Crippen molar-refractivity contribution in [2.24, 2.45) is 5.73 Å². The van der Waals surface area contributed by atoms with E-state index in [1.165, 1.54) is 167 Å². The summed E-state index contributed by atoms with van der Waals surface area (Å²) in [6, 6.07) is 0. The van der Waals surface area contributed by atoms with Crippen molar-refractivity contribution in [3.63, 3.8) is 0 Å². The van der Waals surface area contributed by atoms with Crippen LogP contribution in [0.4, 0.5) is 0 Å². The van der Waals surface area contributed by atoms with Crippen molar-refractivity contribution in [1.82, 2.24) is 0 Å². The van der Waals surface area contributed by atoms with Crippen LogP contribution in [0.1, 0.15) is 181 Å². The van der Waals surface area contributed by atoms with Gasteiger partial charge in [0.1, 0.15) is 0 Å². The molecule has 0 bridgehead atoms. The molecule has 0 aromatic heterocycles. The Labute approximate surface area is 209 Å². The van der Waals surface area contributed by atoms with Crippen LogP contribution < -0.4 is 5.73 Å². The van der Waals surface area contributed by atoms with Gasteiger partial charge in [-0.3, -0.25) is 4.79 Å². The molecule has 3 nitrogen and oxygen atoms in total. The van der Waals surface area contributed by atoms with Crippen molar-refractivity contribution >= 4 is 5.97 Å². The van der Waals surface area contributed by atoms with Gasteiger partial charge < -0.3 is 10.8 Å². The molecule has 0 amide bonds. The molecule has 3 heteroatoms. The molecule has 0 aliphatic rings. The van der Waals surface area contributed by atoms with E-state index in [2.05, 4.69) is 6.92 Å². The Morgan fingerprint density at radius 3 is 0.758 bits per heavy atom. The molecule has 0 aromatic carbocycles. The minimum atomic E-state index is -0.833. The summed E-state index contributed by atoms with van der Waals surface area (Å²) < 4.78 is 0. The molecule has 0 atom stereocenters. The van der Waals surface area contributed by atoms with Gasteiger partial charge in [0.2, 0.25) is 0 Å². The van der Waals surface area contributed by atoms with Gasteiger partial charge in [-0.05, 0) is 13.0 Å². The number of hydrogen-bond donors (Lipinski definition) is 2. The lowest BCUT2D eigenvalue weighted by atomic mass is 10.0. The summed E-state index contributed by atoms with van der Waals surface area (Å²) in [6.45, 7) is 4.26. The third kappa shape index (κ3) is 42.1. The first-order valence-electron chi connectivity index (χ1n) is 15.0. The van der Waals surface area contributed by atoms with E-state index in [9.17, 15) is 0 Å². The number of carboxylic acid groups (broad SMARTS) is 1. The molecule has 0 radical (unpaired) electrons. The predicted octanol–water partition coefficient (Wildman–Crippen LogP) is 10.2. The summed E-state index contributed by atoms with van der Waals surface area (Å²) >= 11 is 0. The quantitative estimate of drug-likeness (QED) is 0.124. The summed E-state index contributed by atoms with van der Waals surface area (Å²) in [5.41, 5.74) is 5.53. The van der Waals surface area contributed by atoms with Gasteiger partial charge >= 0.3 is 0 Å². The first kappa shape index (κ1) is 34.6. The molecule has 3 N–H and O–H groups in total. The zero-order chi connectivity index (χ0) is 24.7. The number of hydrogen-bond acceptors (Lipinski definition) is 2. The van der Waals surface area contributed by atoms with E-state index in [0.717, 1.165) is 13.5 Å². The molecule has 33 heavy (non-hydrogen) atoms. The third-order valence-electron chi connectivity index (χ3n) is 6.56. The van der Waals surface area contributed by atoms with Crippen LogP contribution in [-0.4, -0.2) is 17.6 Å². The minimum absolute atomic E-state index is 0.833. The van der Waals surface area contributed by atoms with E-state index in [4.69, 9.17) is 15.6 Å². The van der Waals surface area contributed by atoms with Crippen LogP contribution in [0, 0.1) is 0 Å². The number of carboxylic acids is 1. The molecule has 0 saturated heterocycles. The molecule has 0 saturated carbocycles. The maximum absolute atomic E-state index is 9.00. The van der Waals surface area contributed by atoms with Gasteiger partial charge in [-0.1, -0.05) is 167 Å². The smallest absolute Gasteiger partial charge is 0.300 e. The molecular formula is C30H63NO2. The highest BCUT2D eigenvalue weighted by Crippen LogP contribution is 2.15. The summed E-state index contributed by atoms with van der Waals surface area (Å²) in [5.74, 6) is -0.833. The van der Waals surface area contributed by atoms with Crippen LogP contribution in [0.15, 0.2) is 0 Å². The Morgan fingerprint density at radius 1 is 0.455 bits per heavy atom. The fraction of sp³-hybridized carbons (Fsp3) is 0.967. The van der Waals surface area contributed by atoms with Crippen molar-refractivity contribution in [2.45, 2.75) is 181 Å². The van der Waals surface area contributed by atoms with Crippen molar-refractivity contribution < 1.29 is 9.90 Å². The van der Waals surface area contributed by atoms with Crippen LogP contribution in [0.3, 0.4) is 0 Å². The standard InChI is InChI=1S/C28H59N.C2H4O2/c1-2-3-4-5-6-7-8-9-10-11-12-13-14-15-16-17-18-19-20-21-22-23-24-25-26-27-28-29;1-2(3)4/h2-29H2,1H3;1H3,(H,3,4). The first-order valence-corrected chi connectivity index (χ1v) is 15.0. The van der Waals surface area contributed by atoms with Gasteiger partial charge in [0.25, 0.3) is 5.97 Å². The fourth-order valence-corrected chi connectivity index (χ4v) is 4.46. The van der Waals surface area contributed by atoms with E-state index < -0.39 is 5.97 Å². The summed E-state index contributed by atoms with van der Waals surface area (Å²) in [5, 5.41) is 7.42. The van der Waals surface area contributed by atoms with Crippen LogP contribution in [0.2, 0.25) is 0 Å². The SMILES string of the molecule is CC(=O)O.CCCCCCCCCCCCCCCCCCCCCCCCCCCCN. The minimum Gasteiger partial charge on any atom is -0.481 e. The Hall–Kier alpha value is -0.570. The second-order valence-corrected chi connectivity index (χ2v) is 10.1. The van der Waals surface area contributed by atoms with Crippen molar-refractivity contribution in [2.75, 3.05) is 6.54 Å². The summed E-state index contributed by atoms with van der Waals surface area (Å²) in [6.07, 6.45) is 37.8. The fourth-order valence-electron chi connectivity index (χ4n) is 4.46. The van der Waals surface area contributed by atoms with E-state index in [0.29, 0.717) is 0 Å². The number of rotatable bonds is 26. The third-order valence-corrected chi connectivity index (χ3v) is 6.56. The second kappa shape index (κ2) is 33.6. The zero-order valence-corrected chi connectivity index (χ0v) is 23.0. The van der Waals surface area contributed by atoms with Crippen LogP contribution in [-0.2, 0) is 4.79 Å². The van der Waals surface area contributed by atoms with E-state index in [-0.39, 0.29) is 0 Å². The Balaban J connectivity index is 0. The van der Waals surface area contributed by atoms with Gasteiger partial charge in [-0.15, -0.1) is 0 Å². The van der Waals surface area contributed by atoms with Gasteiger partial charge in [0.05, 0.1) is 0 Å². The first-order chi connectivity index (χ1) is 16.1. The molecule has 0 heterocycles. The van der Waals surface area contributed by atoms with Gasteiger partial charge in [-0.25, -0.2) is 0 Å². The summed E-state index contributed by atoms with van der Waals surface area (Å²) in [7, 11) is 0. The molecular weight excluding hydrogens is 406 g/mol. The average Bonchev–Trinajstić information content (AvgIpc) is 2.79. The maximum Gasteiger partial charge on any atom is 0.300 e. The number of nitrogens with two attached hydrogens (primary N) is 1. The molecule has 0 rings (SSSR count). The monoisotopic (exact) mass is 469 g/mol. The van der Waals surface area contributed by atoms with Crippen LogP contribution in [0.5, 0.6) is 0 Å². The van der Waals surface area contributed by atoms with Crippen LogP contribution in [0.25, 0.3) is 0 Å². The topological polar surface area (TPSA) is 63.3 Å². The van der Waals surface area contributed by atoms with E-state index in [1.807, 2.05) is 0 Å². The Kier molecular flexibility index (Phi) is 35.2. The lowest BCUT2D eigenvalue weighted by Gasteiger charge is -2.04. The van der Waals surface area contributed by atoms with Crippen molar-refractivity contribution in [1.29, 1.82) is 0 Å². The van der Waals surface area contributed by atoms with E-state index in [1.54, 1.807) is 0 Å². The highest BCUT2D eigenvalue weighted by molar-refractivity contribution is 5.62. The van der Waals surface area contributed by atoms with Gasteiger partial charge in [-0.2, -0.15) is 0 Å². The van der Waals surface area contributed by atoms with Gasteiger partial charge in [0.15, 0.2) is 0 Å². The average molecular weight is 470 g/mol. The molecule has 0 aliphatic heterocycles. The Bertz CT molecular complexity index is 316. The highest BCUT2D eigenvalue weighted by Gasteiger charge is 1.96. The lowest BCUT2D eigenvalue weighted by molar-refractivity contribution is -0.134. The van der Waals surface area contributed by atoms with Crippen molar-refractivity contribution in [3.05, 3.63) is 0 Å². The zero-order valence-electron chi connectivity index (χ0n) is 23.0. The van der Waals surface area contributed by atoms with Gasteiger partial charge in [0, 0.05) is 6.92 Å². The molecule has 0 fully saturated rings. The maximum atomic E-state index is 9.00. The normalized spacial score (nSPS) is 10.8. The number of unbranched alkanes of at least 4 members (excludes halogenated alkanes) is 25. The van der Waals surface area contributed by atoms with Crippen molar-refractivity contribution in [3.8, 4) is 0 Å². The highest BCUT2D eigenvalue weighted by atomic mass is 16.4. The second-order valence-electron chi connectivity index (χ2n) is 10.1. The molecule has 0 aliphatic carbocycles. The molecule has 200 valence electrons. The van der Waals surface area contributed by atoms with Crippen LogP contribution >= 0.6 is 0 Å².